The summed E-state index contributed by atoms with van der Waals surface area (Å²) in [4.78, 5) is 29.8. The van der Waals surface area contributed by atoms with Crippen molar-refractivity contribution < 1.29 is 14.0 Å². The SMILES string of the molecule is CC(c1ccc(-c2cccc(C(=O)N3CCN(C)CC3)c2)o1)C1C(=O)Nc2ccc(Cl)cc21. The van der Waals surface area contributed by atoms with Crippen molar-refractivity contribution in [2.45, 2.75) is 18.8 Å². The summed E-state index contributed by atoms with van der Waals surface area (Å²) < 4.78 is 6.19. The number of hydrogen-bond donors (Lipinski definition) is 1. The summed E-state index contributed by atoms with van der Waals surface area (Å²) in [6.45, 7) is 5.21. The van der Waals surface area contributed by atoms with Gasteiger partial charge in [0.15, 0.2) is 0 Å². The van der Waals surface area contributed by atoms with E-state index in [-0.39, 0.29) is 23.7 Å². The highest BCUT2D eigenvalue weighted by atomic mass is 35.5. The average molecular weight is 464 g/mol. The lowest BCUT2D eigenvalue weighted by Gasteiger charge is -2.32. The van der Waals surface area contributed by atoms with Crippen molar-refractivity contribution in [2.24, 2.45) is 0 Å². The highest BCUT2D eigenvalue weighted by molar-refractivity contribution is 6.31. The van der Waals surface area contributed by atoms with Gasteiger partial charge in [0.2, 0.25) is 5.91 Å². The molecule has 0 saturated carbocycles. The first-order chi connectivity index (χ1) is 15.9. The zero-order valence-electron chi connectivity index (χ0n) is 18.7. The van der Waals surface area contributed by atoms with Crippen LogP contribution in [0.2, 0.25) is 5.02 Å². The lowest BCUT2D eigenvalue weighted by molar-refractivity contribution is -0.117. The molecule has 0 bridgehead atoms. The predicted octanol–water partition coefficient (Wildman–Crippen LogP) is 4.83. The maximum absolute atomic E-state index is 13.0. The first-order valence-electron chi connectivity index (χ1n) is 11.2. The molecule has 2 aliphatic heterocycles. The van der Waals surface area contributed by atoms with Gasteiger partial charge in [-0.15, -0.1) is 0 Å². The van der Waals surface area contributed by atoms with Gasteiger partial charge in [0, 0.05) is 53.9 Å². The summed E-state index contributed by atoms with van der Waals surface area (Å²) in [5, 5.41) is 3.53. The topological polar surface area (TPSA) is 65.8 Å². The molecule has 1 saturated heterocycles. The van der Waals surface area contributed by atoms with Crippen LogP contribution in [-0.4, -0.2) is 54.8 Å². The van der Waals surface area contributed by atoms with E-state index in [9.17, 15) is 9.59 Å². The lowest BCUT2D eigenvalue weighted by Crippen LogP contribution is -2.47. The maximum Gasteiger partial charge on any atom is 0.253 e. The van der Waals surface area contributed by atoms with E-state index in [0.717, 1.165) is 43.0 Å². The van der Waals surface area contributed by atoms with Gasteiger partial charge in [0.1, 0.15) is 11.5 Å². The van der Waals surface area contributed by atoms with E-state index in [1.54, 1.807) is 6.07 Å². The molecule has 7 heteroatoms. The summed E-state index contributed by atoms with van der Waals surface area (Å²) in [5.41, 5.74) is 3.18. The van der Waals surface area contributed by atoms with Gasteiger partial charge in [0.05, 0.1) is 5.92 Å². The number of fused-ring (bicyclic) bond motifs is 1. The number of furan rings is 1. The Hall–Kier alpha value is -3.09. The van der Waals surface area contributed by atoms with Crippen molar-refractivity contribution in [2.75, 3.05) is 38.5 Å². The van der Waals surface area contributed by atoms with E-state index in [1.807, 2.05) is 60.4 Å². The molecular weight excluding hydrogens is 438 g/mol. The summed E-state index contributed by atoms with van der Waals surface area (Å²) >= 11 is 6.18. The van der Waals surface area contributed by atoms with Crippen molar-refractivity contribution in [3.63, 3.8) is 0 Å². The molecule has 170 valence electrons. The number of piperazine rings is 1. The van der Waals surface area contributed by atoms with Gasteiger partial charge in [0.25, 0.3) is 5.91 Å². The number of rotatable bonds is 4. The van der Waals surface area contributed by atoms with Crippen LogP contribution in [0, 0.1) is 0 Å². The molecule has 5 rings (SSSR count). The number of carbonyl (C=O) groups is 2. The van der Waals surface area contributed by atoms with Gasteiger partial charge >= 0.3 is 0 Å². The van der Waals surface area contributed by atoms with Crippen molar-refractivity contribution in [3.05, 3.63) is 76.5 Å². The molecule has 0 aliphatic carbocycles. The smallest absolute Gasteiger partial charge is 0.253 e. The normalized spacial score (nSPS) is 19.3. The lowest BCUT2D eigenvalue weighted by atomic mass is 9.87. The molecule has 1 aromatic heterocycles. The number of carbonyl (C=O) groups excluding carboxylic acids is 2. The highest BCUT2D eigenvalue weighted by Crippen LogP contribution is 2.43. The van der Waals surface area contributed by atoms with E-state index in [0.29, 0.717) is 22.1 Å². The van der Waals surface area contributed by atoms with Gasteiger partial charge in [-0.25, -0.2) is 0 Å². The quantitative estimate of drug-likeness (QED) is 0.602. The Bertz CT molecular complexity index is 1210. The van der Waals surface area contributed by atoms with E-state index < -0.39 is 0 Å². The number of likely N-dealkylation sites (N-methyl/N-ethyl adjacent to an activating group) is 1. The Morgan fingerprint density at radius 2 is 1.88 bits per heavy atom. The van der Waals surface area contributed by atoms with Crippen molar-refractivity contribution in [1.82, 2.24) is 9.80 Å². The number of anilines is 1. The summed E-state index contributed by atoms with van der Waals surface area (Å²) in [6, 6.07) is 16.8. The Morgan fingerprint density at radius 3 is 2.67 bits per heavy atom. The minimum Gasteiger partial charge on any atom is -0.461 e. The van der Waals surface area contributed by atoms with Crippen LogP contribution < -0.4 is 5.32 Å². The summed E-state index contributed by atoms with van der Waals surface area (Å²) in [6.07, 6.45) is 0. The molecule has 0 radical (unpaired) electrons. The molecule has 1 N–H and O–H groups in total. The van der Waals surface area contributed by atoms with Crippen molar-refractivity contribution in [1.29, 1.82) is 0 Å². The average Bonchev–Trinajstić information content (AvgIpc) is 3.43. The van der Waals surface area contributed by atoms with Crippen LogP contribution in [-0.2, 0) is 4.79 Å². The monoisotopic (exact) mass is 463 g/mol. The van der Waals surface area contributed by atoms with Crippen LogP contribution in [0.5, 0.6) is 0 Å². The number of amides is 2. The molecule has 33 heavy (non-hydrogen) atoms. The first kappa shape index (κ1) is 21.7. The Kier molecular flexibility index (Phi) is 5.72. The fraction of sp³-hybridized carbons (Fsp3) is 0.308. The Labute approximate surface area is 198 Å². The fourth-order valence-corrected chi connectivity index (χ4v) is 4.85. The van der Waals surface area contributed by atoms with Crippen molar-refractivity contribution >= 4 is 29.1 Å². The molecule has 2 aromatic carbocycles. The van der Waals surface area contributed by atoms with E-state index in [1.165, 1.54) is 0 Å². The minimum absolute atomic E-state index is 0.0428. The van der Waals surface area contributed by atoms with E-state index in [4.69, 9.17) is 16.0 Å². The number of nitrogens with zero attached hydrogens (tertiary/aromatic N) is 2. The number of halogens is 1. The van der Waals surface area contributed by atoms with Gasteiger partial charge in [-0.05, 0) is 55.1 Å². The molecule has 2 aliphatic rings. The van der Waals surface area contributed by atoms with Crippen molar-refractivity contribution in [3.8, 4) is 11.3 Å². The highest BCUT2D eigenvalue weighted by Gasteiger charge is 2.37. The van der Waals surface area contributed by atoms with Crippen LogP contribution >= 0.6 is 11.6 Å². The summed E-state index contributed by atoms with van der Waals surface area (Å²) in [5.74, 6) is 0.832. The third kappa shape index (κ3) is 4.16. The molecule has 1 fully saturated rings. The van der Waals surface area contributed by atoms with Gasteiger partial charge in [-0.2, -0.15) is 0 Å². The van der Waals surface area contributed by atoms with Crippen LogP contribution in [0.15, 0.2) is 59.0 Å². The second-order valence-corrected chi connectivity index (χ2v) is 9.30. The van der Waals surface area contributed by atoms with Crippen LogP contribution in [0.25, 0.3) is 11.3 Å². The number of hydrogen-bond acceptors (Lipinski definition) is 4. The Morgan fingerprint density at radius 1 is 1.09 bits per heavy atom. The third-order valence-electron chi connectivity index (χ3n) is 6.65. The zero-order chi connectivity index (χ0) is 23.1. The number of benzene rings is 2. The standard InChI is InChI=1S/C26H26ClN3O3/c1-16(24-20-15-19(27)6-7-21(20)28-25(24)31)22-8-9-23(33-22)17-4-3-5-18(14-17)26(32)30-12-10-29(2)11-13-30/h3-9,14-16,24H,10-13H2,1-2H3,(H,28,31). The second-order valence-electron chi connectivity index (χ2n) is 8.87. The molecule has 0 spiro atoms. The van der Waals surface area contributed by atoms with Crippen LogP contribution in [0.3, 0.4) is 0 Å². The third-order valence-corrected chi connectivity index (χ3v) is 6.88. The summed E-state index contributed by atoms with van der Waals surface area (Å²) in [7, 11) is 2.07. The maximum atomic E-state index is 13.0. The fourth-order valence-electron chi connectivity index (χ4n) is 4.67. The molecule has 6 nitrogen and oxygen atoms in total. The molecule has 2 unspecified atom stereocenters. The minimum atomic E-state index is -0.372. The second kappa shape index (κ2) is 8.69. The van der Waals surface area contributed by atoms with Gasteiger partial charge < -0.3 is 19.5 Å². The van der Waals surface area contributed by atoms with Gasteiger partial charge in [-0.3, -0.25) is 9.59 Å². The van der Waals surface area contributed by atoms with E-state index >= 15 is 0 Å². The largest absolute Gasteiger partial charge is 0.461 e. The molecule has 2 atom stereocenters. The van der Waals surface area contributed by atoms with Gasteiger partial charge in [-0.1, -0.05) is 30.7 Å². The first-order valence-corrected chi connectivity index (χ1v) is 11.6. The molecule has 2 amide bonds. The molecular formula is C26H26ClN3O3. The zero-order valence-corrected chi connectivity index (χ0v) is 19.4. The van der Waals surface area contributed by atoms with Crippen LogP contribution in [0.4, 0.5) is 5.69 Å². The predicted molar refractivity (Wildman–Crippen MR) is 129 cm³/mol. The molecule has 3 heterocycles. The van der Waals surface area contributed by atoms with E-state index in [2.05, 4.69) is 17.3 Å². The Balaban J connectivity index is 1.37. The molecule has 3 aromatic rings. The number of nitrogens with one attached hydrogen (secondary N) is 1. The van der Waals surface area contributed by atoms with Crippen LogP contribution in [0.1, 0.15) is 40.4 Å².